The van der Waals surface area contributed by atoms with Crippen molar-refractivity contribution in [3.05, 3.63) is 95.2 Å². The molecule has 0 bridgehead atoms. The van der Waals surface area contributed by atoms with Gasteiger partial charge in [-0.05, 0) is 70.2 Å². The van der Waals surface area contributed by atoms with Crippen molar-refractivity contribution in [2.45, 2.75) is 85.7 Å². The summed E-state index contributed by atoms with van der Waals surface area (Å²) in [4.78, 5) is 11.7. The van der Waals surface area contributed by atoms with Crippen LogP contribution in [0.25, 0.3) is 53.7 Å². The van der Waals surface area contributed by atoms with Gasteiger partial charge >= 0.3 is 6.18 Å². The fourth-order valence-corrected chi connectivity index (χ4v) is 7.32. The van der Waals surface area contributed by atoms with Crippen LogP contribution in [0, 0.1) is 17.9 Å². The first-order valence-electron chi connectivity index (χ1n) is 17.3. The number of hydrogen-bond donors (Lipinski definition) is 1. The van der Waals surface area contributed by atoms with Crippen molar-refractivity contribution >= 4 is 59.5 Å². The van der Waals surface area contributed by atoms with Gasteiger partial charge in [0, 0.05) is 53.8 Å². The number of rotatable bonds is 8. The number of allylic oxidation sites excluding steroid dienone is 2. The molecule has 0 aliphatic heterocycles. The molecule has 4 aromatic carbocycles. The zero-order chi connectivity index (χ0) is 36.4. The summed E-state index contributed by atoms with van der Waals surface area (Å²) in [6.07, 6.45) is 0.296. The summed E-state index contributed by atoms with van der Waals surface area (Å²) in [5.74, 6) is 0.547. The van der Waals surface area contributed by atoms with E-state index in [1.54, 1.807) is 29.5 Å². The van der Waals surface area contributed by atoms with E-state index in [-0.39, 0.29) is 54.3 Å². The molecule has 2 aromatic heterocycles. The van der Waals surface area contributed by atoms with Gasteiger partial charge in [-0.25, -0.2) is 0 Å². The Labute approximate surface area is 315 Å². The number of nitrogens with zero attached hydrogens (tertiary/aromatic N) is 2. The number of aliphatic hydroxyl groups is 1. The Morgan fingerprint density at radius 1 is 0.824 bits per heavy atom. The second-order valence-electron chi connectivity index (χ2n) is 13.8. The fraction of sp³-hybridized carbons (Fsp3) is 0.357. The summed E-state index contributed by atoms with van der Waals surface area (Å²) in [5.41, 5.74) is 0.953. The van der Waals surface area contributed by atoms with E-state index in [0.717, 1.165) is 57.5 Å². The van der Waals surface area contributed by atoms with Crippen LogP contribution < -0.4 is 0 Å². The third-order valence-electron chi connectivity index (χ3n) is 9.50. The van der Waals surface area contributed by atoms with Crippen molar-refractivity contribution in [1.29, 1.82) is 0 Å². The van der Waals surface area contributed by atoms with Gasteiger partial charge in [-0.3, -0.25) is 4.79 Å². The van der Waals surface area contributed by atoms with Crippen molar-refractivity contribution in [3.63, 3.8) is 0 Å². The molecule has 0 saturated carbocycles. The zero-order valence-corrected chi connectivity index (χ0v) is 33.2. The number of halogens is 3. The second-order valence-corrected chi connectivity index (χ2v) is 14.8. The molecule has 0 unspecified atom stereocenters. The minimum atomic E-state index is -4.61. The normalized spacial score (nSPS) is 12.5. The molecule has 0 atom stereocenters. The fourth-order valence-electron chi connectivity index (χ4n) is 6.51. The Kier molecular flexibility index (Phi) is 12.9. The zero-order valence-electron chi connectivity index (χ0n) is 30.0. The molecule has 0 spiro atoms. The van der Waals surface area contributed by atoms with Gasteiger partial charge in [0.15, 0.2) is 11.5 Å². The molecule has 271 valence electrons. The van der Waals surface area contributed by atoms with Crippen LogP contribution in [-0.4, -0.2) is 21.1 Å². The van der Waals surface area contributed by atoms with Crippen LogP contribution in [0.15, 0.2) is 77.9 Å². The second kappa shape index (κ2) is 16.4. The maximum atomic E-state index is 13.9. The van der Waals surface area contributed by atoms with Crippen molar-refractivity contribution < 1.29 is 43.2 Å². The monoisotopic (exact) mass is 890 g/mol. The van der Waals surface area contributed by atoms with Gasteiger partial charge in [-0.15, -0.1) is 29.1 Å². The van der Waals surface area contributed by atoms with Gasteiger partial charge in [0.25, 0.3) is 0 Å². The Balaban J connectivity index is 0.000000312. The molecule has 9 heteroatoms. The minimum absolute atomic E-state index is 0. The first kappa shape index (κ1) is 40.1. The molecular weight excluding hydrogens is 846 g/mol. The Bertz CT molecular complexity index is 2190. The molecule has 1 radical (unpaired) electrons. The number of aliphatic hydroxyl groups excluding tert-OH is 1. The molecule has 1 N–H and O–H groups in total. The molecule has 51 heavy (non-hydrogen) atoms. The number of benzene rings is 4. The molecule has 6 rings (SSSR count). The first-order chi connectivity index (χ1) is 23.7. The van der Waals surface area contributed by atoms with E-state index in [1.807, 2.05) is 52.0 Å². The molecule has 0 aliphatic rings. The summed E-state index contributed by atoms with van der Waals surface area (Å²) in [5, 5.41) is 24.8. The van der Waals surface area contributed by atoms with Gasteiger partial charge in [0.2, 0.25) is 0 Å². The van der Waals surface area contributed by atoms with Crippen LogP contribution in [0.2, 0.25) is 0 Å². The average molecular weight is 890 g/mol. The predicted molar refractivity (Wildman–Crippen MR) is 202 cm³/mol. The molecule has 6 aromatic rings. The molecule has 0 amide bonds. The van der Waals surface area contributed by atoms with Gasteiger partial charge in [0.1, 0.15) is 0 Å². The molecule has 0 fully saturated rings. The Morgan fingerprint density at radius 3 is 1.98 bits per heavy atom. The quantitative estimate of drug-likeness (QED) is 0.0716. The number of hydrogen-bond acceptors (Lipinski definition) is 5. The van der Waals surface area contributed by atoms with E-state index in [0.29, 0.717) is 16.6 Å². The van der Waals surface area contributed by atoms with Crippen molar-refractivity contribution in [3.8, 4) is 11.3 Å². The van der Waals surface area contributed by atoms with E-state index in [4.69, 9.17) is 0 Å². The maximum absolute atomic E-state index is 13.9. The molecule has 0 aliphatic carbocycles. The number of fused-ring (bicyclic) bond motifs is 4. The van der Waals surface area contributed by atoms with E-state index in [2.05, 4.69) is 60.6 Å². The number of thiophene rings is 1. The van der Waals surface area contributed by atoms with Crippen LogP contribution in [0.1, 0.15) is 85.4 Å². The van der Waals surface area contributed by atoms with Crippen LogP contribution >= 0.6 is 11.3 Å². The van der Waals surface area contributed by atoms with Crippen molar-refractivity contribution in [1.82, 2.24) is 10.2 Å². The maximum Gasteiger partial charge on any atom is 0.435 e. The summed E-state index contributed by atoms with van der Waals surface area (Å²) < 4.78 is 42.8. The van der Waals surface area contributed by atoms with E-state index < -0.39 is 11.9 Å². The summed E-state index contributed by atoms with van der Waals surface area (Å²) in [6.45, 7) is 14.5. The van der Waals surface area contributed by atoms with Crippen LogP contribution in [0.5, 0.6) is 0 Å². The SMILES string of the molecule is CC(C)(C)c1cc(-c2nnc(C(F)(F)F)c3cc4ccccc4cc23)[c-]c2cc3sccc3cc12.CCC(CC)C(=O)/C=C(\O)C(CC)CC.[Ir]. The Morgan fingerprint density at radius 2 is 1.41 bits per heavy atom. The third-order valence-corrected chi connectivity index (χ3v) is 10.4. The molecule has 4 nitrogen and oxygen atoms in total. The van der Waals surface area contributed by atoms with Gasteiger partial charge in [-0.1, -0.05) is 95.8 Å². The van der Waals surface area contributed by atoms with Crippen LogP contribution in [-0.2, 0) is 36.5 Å². The molecule has 0 saturated heterocycles. The number of ketones is 1. The third kappa shape index (κ3) is 8.70. The summed E-state index contributed by atoms with van der Waals surface area (Å²) in [7, 11) is 0. The summed E-state index contributed by atoms with van der Waals surface area (Å²) >= 11 is 1.65. The molecular formula is C42H44F3IrN2O2S-. The van der Waals surface area contributed by atoms with E-state index in [9.17, 15) is 23.1 Å². The van der Waals surface area contributed by atoms with E-state index >= 15 is 0 Å². The van der Waals surface area contributed by atoms with Crippen molar-refractivity contribution in [2.24, 2.45) is 11.8 Å². The topological polar surface area (TPSA) is 63.1 Å². The van der Waals surface area contributed by atoms with E-state index in [1.165, 1.54) is 11.5 Å². The Hall–Kier alpha value is -3.65. The molecule has 2 heterocycles. The average Bonchev–Trinajstić information content (AvgIpc) is 3.53. The minimum Gasteiger partial charge on any atom is -0.512 e. The number of alkyl halides is 3. The van der Waals surface area contributed by atoms with Gasteiger partial charge in [-0.2, -0.15) is 34.7 Å². The number of aromatic nitrogens is 2. The largest absolute Gasteiger partial charge is 0.512 e. The number of carbonyl (C=O) groups excluding carboxylic acids is 1. The van der Waals surface area contributed by atoms with Gasteiger partial charge in [0.05, 0.1) is 5.76 Å². The number of carbonyl (C=O) groups is 1. The van der Waals surface area contributed by atoms with Gasteiger partial charge < -0.3 is 5.11 Å². The summed E-state index contributed by atoms with van der Waals surface area (Å²) in [6, 6.07) is 22.6. The van der Waals surface area contributed by atoms with Crippen LogP contribution in [0.4, 0.5) is 13.2 Å². The predicted octanol–water partition coefficient (Wildman–Crippen LogP) is 12.8. The van der Waals surface area contributed by atoms with Crippen LogP contribution in [0.3, 0.4) is 0 Å². The standard InChI is InChI=1S/C29H20F3N2S.C13H24O2.Ir/c1-28(2,3)24-14-20(10-19-15-25-18(8-9-35-25)13-21(19)24)26-22-11-16-6-4-5-7-17(16)12-23(22)27(34-33-26)29(30,31)32;1-5-10(6-2)12(14)9-13(15)11(7-3)8-4;/h4-9,11-15H,1-3H3;9-11,14H,5-8H2,1-4H3;/q-1;;/b;12-9-;. The smallest absolute Gasteiger partial charge is 0.435 e. The van der Waals surface area contributed by atoms with Crippen molar-refractivity contribution in [2.75, 3.05) is 0 Å². The first-order valence-corrected chi connectivity index (χ1v) is 18.2.